The Labute approximate surface area is 163 Å². The van der Waals surface area contributed by atoms with Crippen molar-refractivity contribution in [3.05, 3.63) is 77.5 Å². The molecule has 6 heteroatoms. The molecule has 3 rings (SSSR count). The highest BCUT2D eigenvalue weighted by molar-refractivity contribution is 6.08. The fourth-order valence-electron chi connectivity index (χ4n) is 2.80. The van der Waals surface area contributed by atoms with E-state index in [-0.39, 0.29) is 11.5 Å². The number of hydrogen-bond donors (Lipinski definition) is 1. The number of methoxy groups -OCH3 is 2. The molecule has 0 bridgehead atoms. The molecule has 28 heavy (non-hydrogen) atoms. The fraction of sp³-hybridized carbons (Fsp3) is 0.136. The van der Waals surface area contributed by atoms with Gasteiger partial charge in [-0.3, -0.25) is 9.78 Å². The molecule has 1 heterocycles. The molecular formula is C22H20N2O4. The topological polar surface area (TPSA) is 77.5 Å². The van der Waals surface area contributed by atoms with Gasteiger partial charge in [-0.2, -0.15) is 0 Å². The van der Waals surface area contributed by atoms with Gasteiger partial charge < -0.3 is 14.8 Å². The lowest BCUT2D eigenvalue weighted by molar-refractivity contribution is 0.0601. The minimum Gasteiger partial charge on any atom is -0.497 e. The van der Waals surface area contributed by atoms with E-state index in [0.717, 1.165) is 11.3 Å². The molecule has 0 saturated heterocycles. The largest absolute Gasteiger partial charge is 0.497 e. The van der Waals surface area contributed by atoms with Crippen molar-refractivity contribution in [1.29, 1.82) is 0 Å². The molecule has 0 aliphatic carbocycles. The Morgan fingerprint density at radius 2 is 1.68 bits per heavy atom. The normalized spacial score (nSPS) is 10.2. The molecule has 1 amide bonds. The minimum absolute atomic E-state index is 0.210. The first kappa shape index (κ1) is 19.1. The van der Waals surface area contributed by atoms with Gasteiger partial charge in [0, 0.05) is 5.56 Å². The van der Waals surface area contributed by atoms with Gasteiger partial charge in [-0.25, -0.2) is 4.79 Å². The number of amides is 1. The number of aryl methyl sites for hydroxylation is 1. The zero-order valence-electron chi connectivity index (χ0n) is 15.9. The smallest absolute Gasteiger partial charge is 0.340 e. The minimum atomic E-state index is -0.566. The average molecular weight is 376 g/mol. The van der Waals surface area contributed by atoms with Crippen molar-refractivity contribution in [2.45, 2.75) is 6.92 Å². The van der Waals surface area contributed by atoms with Crippen LogP contribution >= 0.6 is 0 Å². The summed E-state index contributed by atoms with van der Waals surface area (Å²) in [5.74, 6) is -0.438. The molecule has 0 fully saturated rings. The molecule has 1 N–H and O–H groups in total. The monoisotopic (exact) mass is 376 g/mol. The van der Waals surface area contributed by atoms with Crippen LogP contribution < -0.4 is 10.1 Å². The van der Waals surface area contributed by atoms with Crippen LogP contribution in [0.25, 0.3) is 11.3 Å². The fourth-order valence-corrected chi connectivity index (χ4v) is 2.80. The summed E-state index contributed by atoms with van der Waals surface area (Å²) in [6.07, 6.45) is 0. The maximum atomic E-state index is 12.8. The number of ether oxygens (including phenoxy) is 2. The maximum Gasteiger partial charge on any atom is 0.340 e. The Balaban J connectivity index is 1.88. The third-order valence-electron chi connectivity index (χ3n) is 4.28. The van der Waals surface area contributed by atoms with Crippen molar-refractivity contribution in [2.24, 2.45) is 0 Å². The van der Waals surface area contributed by atoms with Crippen LogP contribution in [0.5, 0.6) is 5.75 Å². The van der Waals surface area contributed by atoms with Crippen molar-refractivity contribution < 1.29 is 19.1 Å². The van der Waals surface area contributed by atoms with Gasteiger partial charge in [-0.1, -0.05) is 30.3 Å². The standard InChI is InChI=1S/C22H20N2O4/c1-14-17(10-12-19(23-14)15-7-5-4-6-8-15)21(25)24-20-11-9-16(27-2)13-18(20)22(26)28-3/h4-13H,1-3H3,(H,24,25). The zero-order valence-corrected chi connectivity index (χ0v) is 15.9. The highest BCUT2D eigenvalue weighted by Gasteiger charge is 2.18. The van der Waals surface area contributed by atoms with Gasteiger partial charge in [0.15, 0.2) is 0 Å². The Hall–Kier alpha value is -3.67. The van der Waals surface area contributed by atoms with E-state index in [2.05, 4.69) is 10.3 Å². The predicted molar refractivity (Wildman–Crippen MR) is 107 cm³/mol. The van der Waals surface area contributed by atoms with Gasteiger partial charge in [0.2, 0.25) is 0 Å². The van der Waals surface area contributed by atoms with Crippen LogP contribution in [0.2, 0.25) is 0 Å². The van der Waals surface area contributed by atoms with E-state index in [1.54, 1.807) is 31.2 Å². The van der Waals surface area contributed by atoms with Gasteiger partial charge in [-0.05, 0) is 37.3 Å². The summed E-state index contributed by atoms with van der Waals surface area (Å²) in [5.41, 5.74) is 3.32. The van der Waals surface area contributed by atoms with Crippen LogP contribution in [-0.4, -0.2) is 31.1 Å². The lowest BCUT2D eigenvalue weighted by Gasteiger charge is -2.13. The van der Waals surface area contributed by atoms with Gasteiger partial charge in [0.05, 0.1) is 42.4 Å². The highest BCUT2D eigenvalue weighted by Crippen LogP contribution is 2.24. The Kier molecular flexibility index (Phi) is 5.69. The number of rotatable bonds is 5. The van der Waals surface area contributed by atoms with Crippen LogP contribution in [0.4, 0.5) is 5.69 Å². The van der Waals surface area contributed by atoms with Crippen LogP contribution in [0.3, 0.4) is 0 Å². The number of hydrogen-bond acceptors (Lipinski definition) is 5. The van der Waals surface area contributed by atoms with Crippen molar-refractivity contribution in [1.82, 2.24) is 4.98 Å². The molecule has 3 aromatic rings. The molecule has 0 aliphatic rings. The first-order valence-electron chi connectivity index (χ1n) is 8.64. The molecule has 0 radical (unpaired) electrons. The number of carbonyl (C=O) groups is 2. The number of nitrogens with zero attached hydrogens (tertiary/aromatic N) is 1. The summed E-state index contributed by atoms with van der Waals surface area (Å²) in [4.78, 5) is 29.3. The predicted octanol–water partition coefficient (Wildman–Crippen LogP) is 4.10. The summed E-state index contributed by atoms with van der Waals surface area (Å²) < 4.78 is 9.93. The van der Waals surface area contributed by atoms with E-state index in [4.69, 9.17) is 9.47 Å². The lowest BCUT2D eigenvalue weighted by Crippen LogP contribution is -2.17. The van der Waals surface area contributed by atoms with Crippen LogP contribution in [0.15, 0.2) is 60.7 Å². The molecule has 1 aromatic heterocycles. The molecule has 2 aromatic carbocycles. The zero-order chi connectivity index (χ0) is 20.1. The number of esters is 1. The number of pyridine rings is 1. The second kappa shape index (κ2) is 8.35. The quantitative estimate of drug-likeness (QED) is 0.678. The number of benzene rings is 2. The van der Waals surface area contributed by atoms with Crippen molar-refractivity contribution in [3.8, 4) is 17.0 Å². The maximum absolute atomic E-state index is 12.8. The van der Waals surface area contributed by atoms with Gasteiger partial charge >= 0.3 is 5.97 Å². The first-order valence-corrected chi connectivity index (χ1v) is 8.64. The van der Waals surface area contributed by atoms with E-state index in [9.17, 15) is 9.59 Å². The van der Waals surface area contributed by atoms with Crippen molar-refractivity contribution in [2.75, 3.05) is 19.5 Å². The number of nitrogens with one attached hydrogen (secondary N) is 1. The Bertz CT molecular complexity index is 1020. The molecule has 0 aliphatic heterocycles. The first-order chi connectivity index (χ1) is 13.5. The van der Waals surface area contributed by atoms with Crippen LogP contribution in [-0.2, 0) is 4.74 Å². The molecular weight excluding hydrogens is 356 g/mol. The van der Waals surface area contributed by atoms with E-state index >= 15 is 0 Å². The van der Waals surface area contributed by atoms with E-state index in [1.807, 2.05) is 30.3 Å². The lowest BCUT2D eigenvalue weighted by atomic mass is 10.1. The van der Waals surface area contributed by atoms with E-state index in [1.165, 1.54) is 20.3 Å². The Morgan fingerprint density at radius 3 is 2.32 bits per heavy atom. The number of anilines is 1. The van der Waals surface area contributed by atoms with E-state index in [0.29, 0.717) is 22.7 Å². The van der Waals surface area contributed by atoms with Crippen molar-refractivity contribution >= 4 is 17.6 Å². The van der Waals surface area contributed by atoms with Gasteiger partial charge in [-0.15, -0.1) is 0 Å². The second-order valence-electron chi connectivity index (χ2n) is 6.05. The van der Waals surface area contributed by atoms with Crippen LogP contribution in [0, 0.1) is 6.92 Å². The van der Waals surface area contributed by atoms with Crippen molar-refractivity contribution in [3.63, 3.8) is 0 Å². The summed E-state index contributed by atoms with van der Waals surface area (Å²) in [7, 11) is 2.78. The number of aromatic nitrogens is 1. The summed E-state index contributed by atoms with van der Waals surface area (Å²) in [6, 6.07) is 18.0. The molecule has 0 saturated carbocycles. The Morgan fingerprint density at radius 1 is 0.929 bits per heavy atom. The summed E-state index contributed by atoms with van der Waals surface area (Å²) >= 11 is 0. The van der Waals surface area contributed by atoms with Gasteiger partial charge in [0.1, 0.15) is 5.75 Å². The van der Waals surface area contributed by atoms with Crippen LogP contribution in [0.1, 0.15) is 26.4 Å². The highest BCUT2D eigenvalue weighted by atomic mass is 16.5. The molecule has 6 nitrogen and oxygen atoms in total. The SMILES string of the molecule is COC(=O)c1cc(OC)ccc1NC(=O)c1ccc(-c2ccccc2)nc1C. The summed E-state index contributed by atoms with van der Waals surface area (Å²) in [5, 5.41) is 2.76. The molecule has 142 valence electrons. The average Bonchev–Trinajstić information content (AvgIpc) is 2.73. The molecule has 0 spiro atoms. The summed E-state index contributed by atoms with van der Waals surface area (Å²) in [6.45, 7) is 1.77. The second-order valence-corrected chi connectivity index (χ2v) is 6.05. The number of carbonyl (C=O) groups excluding carboxylic acids is 2. The molecule has 0 atom stereocenters. The third kappa shape index (κ3) is 4.01. The molecule has 0 unspecified atom stereocenters. The van der Waals surface area contributed by atoms with E-state index < -0.39 is 5.97 Å². The van der Waals surface area contributed by atoms with Gasteiger partial charge in [0.25, 0.3) is 5.91 Å². The third-order valence-corrected chi connectivity index (χ3v) is 4.28.